The van der Waals surface area contributed by atoms with E-state index in [1.165, 1.54) is 0 Å². The summed E-state index contributed by atoms with van der Waals surface area (Å²) >= 11 is 0. The molecule has 1 heterocycles. The molecule has 1 aliphatic carbocycles. The van der Waals surface area contributed by atoms with Gasteiger partial charge in [-0.05, 0) is 47.5 Å². The van der Waals surface area contributed by atoms with Crippen LogP contribution in [0.5, 0.6) is 0 Å². The van der Waals surface area contributed by atoms with Crippen molar-refractivity contribution in [3.05, 3.63) is 11.8 Å². The fourth-order valence-corrected chi connectivity index (χ4v) is 2.48. The molecule has 3 N–H and O–H groups in total. The number of rotatable bonds is 3. The fraction of sp³-hybridized carbons (Fsp3) is 0.733. The van der Waals surface area contributed by atoms with Gasteiger partial charge in [-0.15, -0.1) is 0 Å². The molecule has 1 fully saturated rings. The topological polar surface area (TPSA) is 82.2 Å². The van der Waals surface area contributed by atoms with Crippen LogP contribution in [0.4, 0.5) is 10.6 Å². The second-order valence-electron chi connectivity index (χ2n) is 7.07. The third-order valence-corrected chi connectivity index (χ3v) is 3.58. The SMILES string of the molecule is CC(C)NC(=O)OC1CC(c2cc(N)n(C(C)(C)C)n2)C1. The first-order chi connectivity index (χ1) is 9.66. The summed E-state index contributed by atoms with van der Waals surface area (Å²) in [4.78, 5) is 11.5. The molecule has 0 unspecified atom stereocenters. The highest BCUT2D eigenvalue weighted by Crippen LogP contribution is 2.39. The number of amides is 1. The van der Waals surface area contributed by atoms with Gasteiger partial charge in [0.15, 0.2) is 0 Å². The summed E-state index contributed by atoms with van der Waals surface area (Å²) in [6, 6.07) is 2.02. The first kappa shape index (κ1) is 15.7. The monoisotopic (exact) mass is 294 g/mol. The average molecular weight is 294 g/mol. The zero-order valence-corrected chi connectivity index (χ0v) is 13.5. The molecule has 1 aromatic rings. The molecule has 6 nitrogen and oxygen atoms in total. The van der Waals surface area contributed by atoms with Crippen LogP contribution in [0.3, 0.4) is 0 Å². The van der Waals surface area contributed by atoms with E-state index in [2.05, 4.69) is 31.2 Å². The molecule has 2 rings (SSSR count). The van der Waals surface area contributed by atoms with Gasteiger partial charge in [-0.3, -0.25) is 0 Å². The Morgan fingerprint density at radius 2 is 2.10 bits per heavy atom. The summed E-state index contributed by atoms with van der Waals surface area (Å²) in [6.45, 7) is 10.0. The van der Waals surface area contributed by atoms with Crippen LogP contribution < -0.4 is 11.1 Å². The molecule has 0 aliphatic heterocycles. The predicted octanol–water partition coefficient (Wildman–Crippen LogP) is 2.60. The summed E-state index contributed by atoms with van der Waals surface area (Å²) in [5.74, 6) is 1.01. The number of hydrogen-bond donors (Lipinski definition) is 2. The van der Waals surface area contributed by atoms with E-state index in [0.717, 1.165) is 18.5 Å². The van der Waals surface area contributed by atoms with Crippen LogP contribution in [0.1, 0.15) is 59.1 Å². The summed E-state index contributed by atoms with van der Waals surface area (Å²) < 4.78 is 7.19. The largest absolute Gasteiger partial charge is 0.446 e. The van der Waals surface area contributed by atoms with Crippen molar-refractivity contribution in [3.63, 3.8) is 0 Å². The quantitative estimate of drug-likeness (QED) is 0.897. The molecule has 0 atom stereocenters. The van der Waals surface area contributed by atoms with Crippen molar-refractivity contribution in [2.24, 2.45) is 0 Å². The van der Waals surface area contributed by atoms with Crippen LogP contribution in [0.25, 0.3) is 0 Å². The van der Waals surface area contributed by atoms with Crippen LogP contribution in [0, 0.1) is 0 Å². The van der Waals surface area contributed by atoms with Gasteiger partial charge in [0, 0.05) is 18.0 Å². The van der Waals surface area contributed by atoms with Gasteiger partial charge in [-0.25, -0.2) is 9.48 Å². The number of nitrogens with one attached hydrogen (secondary N) is 1. The molecule has 21 heavy (non-hydrogen) atoms. The fourth-order valence-electron chi connectivity index (χ4n) is 2.48. The van der Waals surface area contributed by atoms with Crippen molar-refractivity contribution in [1.82, 2.24) is 15.1 Å². The number of nitrogens with zero attached hydrogens (tertiary/aromatic N) is 2. The van der Waals surface area contributed by atoms with Gasteiger partial charge in [0.25, 0.3) is 0 Å². The van der Waals surface area contributed by atoms with Gasteiger partial charge in [0.1, 0.15) is 11.9 Å². The second-order valence-corrected chi connectivity index (χ2v) is 7.07. The van der Waals surface area contributed by atoms with Crippen LogP contribution in [-0.4, -0.2) is 28.0 Å². The molecule has 118 valence electrons. The van der Waals surface area contributed by atoms with E-state index in [4.69, 9.17) is 10.5 Å². The Balaban J connectivity index is 1.89. The van der Waals surface area contributed by atoms with Crippen molar-refractivity contribution < 1.29 is 9.53 Å². The number of alkyl carbamates (subject to hydrolysis) is 1. The first-order valence-electron chi connectivity index (χ1n) is 7.50. The minimum absolute atomic E-state index is 0.0187. The highest BCUT2D eigenvalue weighted by atomic mass is 16.6. The molecule has 0 radical (unpaired) electrons. The lowest BCUT2D eigenvalue weighted by Gasteiger charge is -2.33. The zero-order valence-electron chi connectivity index (χ0n) is 13.5. The minimum Gasteiger partial charge on any atom is -0.446 e. The van der Waals surface area contributed by atoms with Crippen molar-refractivity contribution in [2.45, 2.75) is 71.1 Å². The Labute approximate surface area is 126 Å². The maximum Gasteiger partial charge on any atom is 0.407 e. The van der Waals surface area contributed by atoms with Crippen LogP contribution in [0.2, 0.25) is 0 Å². The minimum atomic E-state index is -0.340. The zero-order chi connectivity index (χ0) is 15.8. The highest BCUT2D eigenvalue weighted by molar-refractivity contribution is 5.67. The van der Waals surface area contributed by atoms with Crippen LogP contribution in [-0.2, 0) is 10.3 Å². The molecule has 1 amide bonds. The van der Waals surface area contributed by atoms with Crippen molar-refractivity contribution in [1.29, 1.82) is 0 Å². The number of carbonyl (C=O) groups excluding carboxylic acids is 1. The second kappa shape index (κ2) is 5.58. The van der Waals surface area contributed by atoms with Crippen LogP contribution in [0.15, 0.2) is 6.07 Å². The van der Waals surface area contributed by atoms with Crippen molar-refractivity contribution in [3.8, 4) is 0 Å². The standard InChI is InChI=1S/C15H26N4O2/c1-9(2)17-14(20)21-11-6-10(7-11)12-8-13(16)19(18-12)15(3,4)5/h8-11H,6-7,16H2,1-5H3,(H,17,20). The third kappa shape index (κ3) is 3.68. The Morgan fingerprint density at radius 3 is 2.57 bits per heavy atom. The van der Waals surface area contributed by atoms with E-state index in [-0.39, 0.29) is 23.8 Å². The highest BCUT2D eigenvalue weighted by Gasteiger charge is 2.35. The lowest BCUT2D eigenvalue weighted by molar-refractivity contribution is 0.0372. The van der Waals surface area contributed by atoms with Gasteiger partial charge >= 0.3 is 6.09 Å². The molecular formula is C15H26N4O2. The number of ether oxygens (including phenoxy) is 1. The van der Waals surface area contributed by atoms with E-state index >= 15 is 0 Å². The number of nitrogens with two attached hydrogens (primary N) is 1. The van der Waals surface area contributed by atoms with Crippen LogP contribution >= 0.6 is 0 Å². The van der Waals surface area contributed by atoms with Gasteiger partial charge in [-0.2, -0.15) is 5.10 Å². The molecule has 0 aromatic carbocycles. The summed E-state index contributed by atoms with van der Waals surface area (Å²) in [7, 11) is 0. The lowest BCUT2D eigenvalue weighted by Crippen LogP contribution is -2.38. The molecule has 0 saturated heterocycles. The Kier molecular flexibility index (Phi) is 4.16. The van der Waals surface area contributed by atoms with E-state index in [1.54, 1.807) is 0 Å². The maximum absolute atomic E-state index is 11.5. The van der Waals surface area contributed by atoms with Crippen molar-refractivity contribution in [2.75, 3.05) is 5.73 Å². The van der Waals surface area contributed by atoms with Gasteiger partial charge in [-0.1, -0.05) is 0 Å². The molecule has 1 aliphatic rings. The Morgan fingerprint density at radius 1 is 1.48 bits per heavy atom. The summed E-state index contributed by atoms with van der Waals surface area (Å²) in [5.41, 5.74) is 6.89. The Hall–Kier alpha value is -1.72. The number of aromatic nitrogens is 2. The number of carbonyl (C=O) groups is 1. The molecule has 0 bridgehead atoms. The van der Waals surface area contributed by atoms with E-state index in [0.29, 0.717) is 11.7 Å². The smallest absolute Gasteiger partial charge is 0.407 e. The van der Waals surface area contributed by atoms with E-state index in [9.17, 15) is 4.79 Å². The van der Waals surface area contributed by atoms with E-state index in [1.807, 2.05) is 24.6 Å². The van der Waals surface area contributed by atoms with Gasteiger partial charge < -0.3 is 15.8 Å². The molecule has 1 saturated carbocycles. The normalized spacial score (nSPS) is 22.0. The maximum atomic E-state index is 11.5. The molecule has 1 aromatic heterocycles. The average Bonchev–Trinajstić information content (AvgIpc) is 2.63. The predicted molar refractivity (Wildman–Crippen MR) is 82.2 cm³/mol. The number of hydrogen-bond acceptors (Lipinski definition) is 4. The number of anilines is 1. The lowest BCUT2D eigenvalue weighted by atomic mass is 9.80. The van der Waals surface area contributed by atoms with E-state index < -0.39 is 0 Å². The molecule has 6 heteroatoms. The summed E-state index contributed by atoms with van der Waals surface area (Å²) in [6.07, 6.45) is 1.26. The molecule has 0 spiro atoms. The first-order valence-corrected chi connectivity index (χ1v) is 7.50. The molecular weight excluding hydrogens is 268 g/mol. The Bertz CT molecular complexity index is 510. The van der Waals surface area contributed by atoms with Crippen molar-refractivity contribution >= 4 is 11.9 Å². The third-order valence-electron chi connectivity index (χ3n) is 3.58. The number of nitrogen functional groups attached to an aromatic ring is 1. The van der Waals surface area contributed by atoms with Gasteiger partial charge in [0.2, 0.25) is 0 Å². The summed E-state index contributed by atoms with van der Waals surface area (Å²) in [5, 5.41) is 7.33. The van der Waals surface area contributed by atoms with Gasteiger partial charge in [0.05, 0.1) is 11.2 Å².